The summed E-state index contributed by atoms with van der Waals surface area (Å²) in [6.07, 6.45) is 0.367. The molecule has 2 heterocycles. The molecular weight excluding hydrogens is 282 g/mol. The Kier molecular flexibility index (Phi) is 3.08. The topological polar surface area (TPSA) is 45.6 Å². The molecule has 0 bridgehead atoms. The Balaban J connectivity index is 1.94. The van der Waals surface area contributed by atoms with E-state index in [2.05, 4.69) is 10.1 Å². The van der Waals surface area contributed by atoms with Crippen LogP contribution in [0.4, 0.5) is 5.13 Å². The molecule has 1 aromatic heterocycles. The summed E-state index contributed by atoms with van der Waals surface area (Å²) >= 11 is 7.36. The molecule has 1 amide bonds. The van der Waals surface area contributed by atoms with Crippen LogP contribution in [0.25, 0.3) is 11.3 Å². The number of hydrazone groups is 1. The molecule has 0 atom stereocenters. The Labute approximate surface area is 119 Å². The summed E-state index contributed by atoms with van der Waals surface area (Å²) in [6.45, 7) is 1.84. The molecule has 0 saturated carbocycles. The van der Waals surface area contributed by atoms with E-state index in [9.17, 15) is 4.79 Å². The fourth-order valence-corrected chi connectivity index (χ4v) is 2.84. The summed E-state index contributed by atoms with van der Waals surface area (Å²) in [4.78, 5) is 16.2. The largest absolute Gasteiger partial charge is 0.272 e. The standard InChI is InChI=1S/C13H10ClN3OS/c1-8-5-12(18)17(16-8)13-15-11(7-19-13)9-3-2-4-10(14)6-9/h2-4,6-7H,5H2,1H3. The highest BCUT2D eigenvalue weighted by molar-refractivity contribution is 7.14. The van der Waals surface area contributed by atoms with Gasteiger partial charge < -0.3 is 0 Å². The number of benzene rings is 1. The first kappa shape index (κ1) is 12.3. The maximum Gasteiger partial charge on any atom is 0.255 e. The number of aromatic nitrogens is 1. The van der Waals surface area contributed by atoms with Crippen LogP contribution in [0.3, 0.4) is 0 Å². The second kappa shape index (κ2) is 4.75. The van der Waals surface area contributed by atoms with E-state index >= 15 is 0 Å². The van der Waals surface area contributed by atoms with E-state index in [1.807, 2.05) is 36.6 Å². The SMILES string of the molecule is CC1=NN(c2nc(-c3cccc(Cl)c3)cs2)C(=O)C1. The van der Waals surface area contributed by atoms with Gasteiger partial charge in [-0.05, 0) is 19.1 Å². The number of rotatable bonds is 2. The Morgan fingerprint density at radius 2 is 2.26 bits per heavy atom. The Bertz CT molecular complexity index is 680. The molecule has 0 N–H and O–H groups in total. The number of hydrogen-bond acceptors (Lipinski definition) is 4. The lowest BCUT2D eigenvalue weighted by molar-refractivity contribution is -0.116. The minimum absolute atomic E-state index is 0.0375. The molecule has 0 radical (unpaired) electrons. The van der Waals surface area contributed by atoms with E-state index in [0.29, 0.717) is 16.6 Å². The number of hydrogen-bond donors (Lipinski definition) is 0. The molecule has 2 aromatic rings. The number of carbonyl (C=O) groups excluding carboxylic acids is 1. The highest BCUT2D eigenvalue weighted by Gasteiger charge is 2.25. The van der Waals surface area contributed by atoms with Gasteiger partial charge in [-0.15, -0.1) is 11.3 Å². The Morgan fingerprint density at radius 3 is 2.95 bits per heavy atom. The predicted molar refractivity (Wildman–Crippen MR) is 77.8 cm³/mol. The molecule has 4 nitrogen and oxygen atoms in total. The van der Waals surface area contributed by atoms with Gasteiger partial charge in [0, 0.05) is 21.7 Å². The van der Waals surface area contributed by atoms with Gasteiger partial charge in [-0.1, -0.05) is 23.7 Å². The third kappa shape index (κ3) is 2.39. The van der Waals surface area contributed by atoms with Crippen molar-refractivity contribution in [3.05, 3.63) is 34.7 Å². The number of amides is 1. The van der Waals surface area contributed by atoms with Gasteiger partial charge in [-0.3, -0.25) is 4.79 Å². The van der Waals surface area contributed by atoms with Crippen LogP contribution in [-0.4, -0.2) is 16.6 Å². The molecule has 0 spiro atoms. The minimum Gasteiger partial charge on any atom is -0.272 e. The smallest absolute Gasteiger partial charge is 0.255 e. The first-order chi connectivity index (χ1) is 9.13. The van der Waals surface area contributed by atoms with Gasteiger partial charge in [0.15, 0.2) is 0 Å². The van der Waals surface area contributed by atoms with Gasteiger partial charge in [0.05, 0.1) is 12.1 Å². The van der Waals surface area contributed by atoms with Crippen LogP contribution in [0, 0.1) is 0 Å². The lowest BCUT2D eigenvalue weighted by Gasteiger charge is -2.06. The van der Waals surface area contributed by atoms with Crippen molar-refractivity contribution in [2.45, 2.75) is 13.3 Å². The highest BCUT2D eigenvalue weighted by Crippen LogP contribution is 2.30. The van der Waals surface area contributed by atoms with E-state index in [1.165, 1.54) is 16.3 Å². The molecule has 0 saturated heterocycles. The van der Waals surface area contributed by atoms with Crippen molar-refractivity contribution in [2.24, 2.45) is 5.10 Å². The molecule has 0 fully saturated rings. The fraction of sp³-hybridized carbons (Fsp3) is 0.154. The fourth-order valence-electron chi connectivity index (χ4n) is 1.85. The molecular formula is C13H10ClN3OS. The van der Waals surface area contributed by atoms with Crippen LogP contribution in [0.5, 0.6) is 0 Å². The Hall–Kier alpha value is -1.72. The predicted octanol–water partition coefficient (Wildman–Crippen LogP) is 3.58. The highest BCUT2D eigenvalue weighted by atomic mass is 35.5. The van der Waals surface area contributed by atoms with Crippen LogP contribution in [0.15, 0.2) is 34.7 Å². The molecule has 1 aromatic carbocycles. The zero-order chi connectivity index (χ0) is 13.4. The van der Waals surface area contributed by atoms with E-state index in [1.54, 1.807) is 0 Å². The summed E-state index contributed by atoms with van der Waals surface area (Å²) in [5, 5.41) is 8.72. The van der Waals surface area contributed by atoms with Crippen LogP contribution < -0.4 is 5.01 Å². The van der Waals surface area contributed by atoms with Crippen molar-refractivity contribution in [1.29, 1.82) is 0 Å². The molecule has 19 heavy (non-hydrogen) atoms. The maximum atomic E-state index is 11.7. The van der Waals surface area contributed by atoms with Crippen molar-refractivity contribution in [1.82, 2.24) is 4.98 Å². The van der Waals surface area contributed by atoms with Crippen molar-refractivity contribution < 1.29 is 4.79 Å². The van der Waals surface area contributed by atoms with Gasteiger partial charge in [0.1, 0.15) is 0 Å². The first-order valence-electron chi connectivity index (χ1n) is 5.72. The second-order valence-electron chi connectivity index (χ2n) is 4.24. The summed E-state index contributed by atoms with van der Waals surface area (Å²) < 4.78 is 0. The van der Waals surface area contributed by atoms with Crippen LogP contribution >= 0.6 is 22.9 Å². The van der Waals surface area contributed by atoms with E-state index < -0.39 is 0 Å². The normalized spacial score (nSPS) is 14.9. The third-order valence-corrected chi connectivity index (χ3v) is 3.76. The molecule has 0 aliphatic carbocycles. The Morgan fingerprint density at radius 1 is 1.42 bits per heavy atom. The number of thiazole rings is 1. The van der Waals surface area contributed by atoms with Gasteiger partial charge in [0.2, 0.25) is 5.13 Å². The first-order valence-corrected chi connectivity index (χ1v) is 6.98. The van der Waals surface area contributed by atoms with Crippen molar-refractivity contribution in [2.75, 3.05) is 5.01 Å². The quantitative estimate of drug-likeness (QED) is 0.849. The van der Waals surface area contributed by atoms with E-state index in [4.69, 9.17) is 11.6 Å². The molecule has 1 aliphatic rings. The minimum atomic E-state index is -0.0375. The van der Waals surface area contributed by atoms with Gasteiger partial charge in [-0.25, -0.2) is 4.98 Å². The van der Waals surface area contributed by atoms with Crippen LogP contribution in [-0.2, 0) is 4.79 Å². The number of anilines is 1. The molecule has 1 aliphatic heterocycles. The van der Waals surface area contributed by atoms with Gasteiger partial charge in [-0.2, -0.15) is 10.1 Å². The molecule has 6 heteroatoms. The van der Waals surface area contributed by atoms with Crippen molar-refractivity contribution >= 4 is 39.7 Å². The number of carbonyl (C=O) groups is 1. The summed E-state index contributed by atoms with van der Waals surface area (Å²) in [5.41, 5.74) is 2.54. The van der Waals surface area contributed by atoms with Gasteiger partial charge >= 0.3 is 0 Å². The monoisotopic (exact) mass is 291 g/mol. The molecule has 96 valence electrons. The van der Waals surface area contributed by atoms with E-state index in [-0.39, 0.29) is 5.91 Å². The maximum absolute atomic E-state index is 11.7. The zero-order valence-corrected chi connectivity index (χ0v) is 11.7. The van der Waals surface area contributed by atoms with Crippen LogP contribution in [0.2, 0.25) is 5.02 Å². The average Bonchev–Trinajstić information content (AvgIpc) is 2.96. The number of halogens is 1. The third-order valence-electron chi connectivity index (χ3n) is 2.71. The van der Waals surface area contributed by atoms with Crippen LogP contribution in [0.1, 0.15) is 13.3 Å². The average molecular weight is 292 g/mol. The zero-order valence-electron chi connectivity index (χ0n) is 10.1. The lowest BCUT2D eigenvalue weighted by atomic mass is 10.2. The molecule has 0 unspecified atom stereocenters. The second-order valence-corrected chi connectivity index (χ2v) is 5.52. The van der Waals surface area contributed by atoms with Crippen molar-refractivity contribution in [3.63, 3.8) is 0 Å². The van der Waals surface area contributed by atoms with Crippen molar-refractivity contribution in [3.8, 4) is 11.3 Å². The lowest BCUT2D eigenvalue weighted by Crippen LogP contribution is -2.19. The molecule has 3 rings (SSSR count). The van der Waals surface area contributed by atoms with Gasteiger partial charge in [0.25, 0.3) is 5.91 Å². The summed E-state index contributed by atoms with van der Waals surface area (Å²) in [6, 6.07) is 7.47. The number of nitrogens with zero attached hydrogens (tertiary/aromatic N) is 3. The van der Waals surface area contributed by atoms with E-state index in [0.717, 1.165) is 17.0 Å². The summed E-state index contributed by atoms with van der Waals surface area (Å²) in [5.74, 6) is -0.0375. The summed E-state index contributed by atoms with van der Waals surface area (Å²) in [7, 11) is 0.